The Morgan fingerprint density at radius 3 is 2.36 bits per heavy atom. The molecule has 0 rings (SSSR count). The van der Waals surface area contributed by atoms with E-state index >= 15 is 0 Å². The number of hydrogen-bond donors (Lipinski definition) is 2. The van der Waals surface area contributed by atoms with E-state index in [4.69, 9.17) is 5.11 Å². The van der Waals surface area contributed by atoms with E-state index in [2.05, 4.69) is 0 Å². The van der Waals surface area contributed by atoms with Crippen LogP contribution in [-0.2, 0) is 4.79 Å². The van der Waals surface area contributed by atoms with Gasteiger partial charge in [0.1, 0.15) is 5.78 Å². The van der Waals surface area contributed by atoms with Gasteiger partial charge in [0.05, 0.1) is 12.2 Å². The molecule has 3 nitrogen and oxygen atoms in total. The zero-order valence-corrected chi connectivity index (χ0v) is 9.20. The summed E-state index contributed by atoms with van der Waals surface area (Å²) in [5.74, 6) is 0.189. The van der Waals surface area contributed by atoms with Gasteiger partial charge in [-0.15, -0.1) is 0 Å². The van der Waals surface area contributed by atoms with Crippen molar-refractivity contribution in [2.45, 2.75) is 64.6 Å². The van der Waals surface area contributed by atoms with Crippen molar-refractivity contribution in [2.24, 2.45) is 0 Å². The second-order valence-electron chi connectivity index (χ2n) is 3.88. The summed E-state index contributed by atoms with van der Waals surface area (Å²) in [7, 11) is 0. The summed E-state index contributed by atoms with van der Waals surface area (Å²) in [6.07, 6.45) is 3.10. The number of ketones is 1. The van der Waals surface area contributed by atoms with Crippen LogP contribution in [0.25, 0.3) is 0 Å². The number of aliphatic hydroxyl groups is 2. The molecule has 0 saturated carbocycles. The molecule has 0 aromatic heterocycles. The number of carbonyl (C=O) groups is 1. The molecule has 0 radical (unpaired) electrons. The van der Waals surface area contributed by atoms with Gasteiger partial charge < -0.3 is 10.2 Å². The summed E-state index contributed by atoms with van der Waals surface area (Å²) in [5, 5.41) is 18.2. The fourth-order valence-corrected chi connectivity index (χ4v) is 1.23. The number of hydrogen-bond acceptors (Lipinski definition) is 3. The average Bonchev–Trinajstić information content (AvgIpc) is 2.14. The van der Waals surface area contributed by atoms with Crippen LogP contribution in [0, 0.1) is 0 Å². The maximum absolute atomic E-state index is 11.2. The highest BCUT2D eigenvalue weighted by atomic mass is 16.3. The minimum atomic E-state index is -0.389. The summed E-state index contributed by atoms with van der Waals surface area (Å²) < 4.78 is 0. The van der Waals surface area contributed by atoms with E-state index < -0.39 is 0 Å². The Bertz CT molecular complexity index is 155. The van der Waals surface area contributed by atoms with Crippen LogP contribution >= 0.6 is 0 Å². The summed E-state index contributed by atoms with van der Waals surface area (Å²) in [6.45, 7) is 3.62. The molecule has 14 heavy (non-hydrogen) atoms. The molecule has 0 fully saturated rings. The molecule has 0 heterocycles. The Kier molecular flexibility index (Phi) is 7.71. The van der Waals surface area contributed by atoms with E-state index in [1.807, 2.05) is 6.92 Å². The molecule has 0 bridgehead atoms. The molecule has 0 saturated heterocycles. The van der Waals surface area contributed by atoms with Crippen molar-refractivity contribution in [3.05, 3.63) is 0 Å². The smallest absolute Gasteiger partial charge is 0.133 e. The van der Waals surface area contributed by atoms with Crippen LogP contribution in [0.5, 0.6) is 0 Å². The summed E-state index contributed by atoms with van der Waals surface area (Å²) in [4.78, 5) is 11.2. The lowest BCUT2D eigenvalue weighted by Crippen LogP contribution is -2.08. The first-order valence-electron chi connectivity index (χ1n) is 5.44. The minimum Gasteiger partial charge on any atom is -0.393 e. The lowest BCUT2D eigenvalue weighted by Gasteiger charge is -2.06. The third kappa shape index (κ3) is 8.20. The van der Waals surface area contributed by atoms with Crippen molar-refractivity contribution in [1.29, 1.82) is 0 Å². The lowest BCUT2D eigenvalue weighted by molar-refractivity contribution is -0.119. The molecular formula is C11H22O3. The molecule has 0 aromatic rings. The van der Waals surface area contributed by atoms with Crippen molar-refractivity contribution in [2.75, 3.05) is 0 Å². The summed E-state index contributed by atoms with van der Waals surface area (Å²) >= 11 is 0. The van der Waals surface area contributed by atoms with Gasteiger partial charge in [0.2, 0.25) is 0 Å². The van der Waals surface area contributed by atoms with Crippen LogP contribution in [0.15, 0.2) is 0 Å². The summed E-state index contributed by atoms with van der Waals surface area (Å²) in [6, 6.07) is 0. The molecule has 0 aromatic carbocycles. The molecule has 0 aliphatic carbocycles. The van der Waals surface area contributed by atoms with Crippen molar-refractivity contribution in [3.8, 4) is 0 Å². The van der Waals surface area contributed by atoms with Gasteiger partial charge in [-0.25, -0.2) is 0 Å². The maximum Gasteiger partial charge on any atom is 0.133 e. The van der Waals surface area contributed by atoms with Gasteiger partial charge in [-0.2, -0.15) is 0 Å². The third-order valence-electron chi connectivity index (χ3n) is 2.31. The molecule has 3 heteroatoms. The van der Waals surface area contributed by atoms with E-state index in [-0.39, 0.29) is 18.0 Å². The van der Waals surface area contributed by atoms with Crippen molar-refractivity contribution in [1.82, 2.24) is 0 Å². The van der Waals surface area contributed by atoms with E-state index in [0.29, 0.717) is 25.7 Å². The van der Waals surface area contributed by atoms with Gasteiger partial charge in [0.25, 0.3) is 0 Å². The first-order chi connectivity index (χ1) is 6.56. The molecule has 84 valence electrons. The predicted octanol–water partition coefficient (Wildman–Crippen LogP) is 1.66. The molecule has 0 spiro atoms. The van der Waals surface area contributed by atoms with E-state index in [9.17, 15) is 9.90 Å². The Labute approximate surface area is 86.1 Å². The lowest BCUT2D eigenvalue weighted by atomic mass is 10.0. The Hall–Kier alpha value is -0.410. The first-order valence-corrected chi connectivity index (χ1v) is 5.44. The third-order valence-corrected chi connectivity index (χ3v) is 2.31. The SMILES string of the molecule is CCC(O)CCCC(=O)CCC(C)O. The van der Waals surface area contributed by atoms with Crippen LogP contribution in [0.3, 0.4) is 0 Å². The van der Waals surface area contributed by atoms with Crippen molar-refractivity contribution >= 4 is 5.78 Å². The van der Waals surface area contributed by atoms with Gasteiger partial charge in [0.15, 0.2) is 0 Å². The Morgan fingerprint density at radius 2 is 1.86 bits per heavy atom. The average molecular weight is 202 g/mol. The van der Waals surface area contributed by atoms with Crippen molar-refractivity contribution < 1.29 is 15.0 Å². The largest absolute Gasteiger partial charge is 0.393 e. The van der Waals surface area contributed by atoms with Gasteiger partial charge in [-0.1, -0.05) is 6.92 Å². The van der Waals surface area contributed by atoms with Crippen LogP contribution in [0.2, 0.25) is 0 Å². The first kappa shape index (κ1) is 13.6. The molecule has 0 aliphatic heterocycles. The fourth-order valence-electron chi connectivity index (χ4n) is 1.23. The predicted molar refractivity (Wildman–Crippen MR) is 56.1 cm³/mol. The monoisotopic (exact) mass is 202 g/mol. The van der Waals surface area contributed by atoms with Crippen LogP contribution in [-0.4, -0.2) is 28.2 Å². The van der Waals surface area contributed by atoms with Gasteiger partial charge in [0, 0.05) is 12.8 Å². The topological polar surface area (TPSA) is 57.5 Å². The molecule has 0 aliphatic rings. The van der Waals surface area contributed by atoms with Gasteiger partial charge in [-0.3, -0.25) is 4.79 Å². The minimum absolute atomic E-state index is 0.189. The standard InChI is InChI=1S/C11H22O3/c1-3-10(13)5-4-6-11(14)8-7-9(2)12/h9-10,12-13H,3-8H2,1-2H3. The molecule has 2 N–H and O–H groups in total. The van der Waals surface area contributed by atoms with Gasteiger partial charge in [-0.05, 0) is 32.6 Å². The maximum atomic E-state index is 11.2. The molecule has 2 unspecified atom stereocenters. The summed E-state index contributed by atoms with van der Waals surface area (Å²) in [5.41, 5.74) is 0. The Morgan fingerprint density at radius 1 is 1.21 bits per heavy atom. The van der Waals surface area contributed by atoms with E-state index in [1.165, 1.54) is 0 Å². The second-order valence-corrected chi connectivity index (χ2v) is 3.88. The highest BCUT2D eigenvalue weighted by Gasteiger charge is 2.06. The van der Waals surface area contributed by atoms with Gasteiger partial charge >= 0.3 is 0 Å². The normalized spacial score (nSPS) is 15.1. The number of aliphatic hydroxyl groups excluding tert-OH is 2. The Balaban J connectivity index is 3.35. The molecular weight excluding hydrogens is 180 g/mol. The zero-order valence-electron chi connectivity index (χ0n) is 9.20. The second kappa shape index (κ2) is 7.94. The number of carbonyl (C=O) groups excluding carboxylic acids is 1. The van der Waals surface area contributed by atoms with E-state index in [0.717, 1.165) is 12.8 Å². The van der Waals surface area contributed by atoms with Crippen LogP contribution in [0.4, 0.5) is 0 Å². The highest BCUT2D eigenvalue weighted by molar-refractivity contribution is 5.78. The molecule has 2 atom stereocenters. The number of Topliss-reactive ketones (excluding diaryl/α,β-unsaturated/α-hetero) is 1. The quantitative estimate of drug-likeness (QED) is 0.629. The van der Waals surface area contributed by atoms with Crippen LogP contribution in [0.1, 0.15) is 52.4 Å². The molecule has 0 amide bonds. The highest BCUT2D eigenvalue weighted by Crippen LogP contribution is 2.07. The number of rotatable bonds is 8. The fraction of sp³-hybridized carbons (Fsp3) is 0.909. The van der Waals surface area contributed by atoms with Crippen molar-refractivity contribution in [3.63, 3.8) is 0 Å². The van der Waals surface area contributed by atoms with E-state index in [1.54, 1.807) is 6.92 Å². The van der Waals surface area contributed by atoms with Crippen LogP contribution < -0.4 is 0 Å². The zero-order chi connectivity index (χ0) is 11.0.